The smallest absolute Gasteiger partial charge is 0.242 e. The Hall–Kier alpha value is -1.88. The maximum atomic E-state index is 12.6. The topological polar surface area (TPSA) is 58.4 Å². The zero-order valence-electron chi connectivity index (χ0n) is 12.6. The van der Waals surface area contributed by atoms with Crippen LogP contribution in [0.2, 0.25) is 0 Å². The summed E-state index contributed by atoms with van der Waals surface area (Å²) in [6, 6.07) is 8.05. The van der Waals surface area contributed by atoms with Gasteiger partial charge in [0.25, 0.3) is 0 Å². The predicted octanol–water partition coefficient (Wildman–Crippen LogP) is 1.90. The molecule has 5 heteroatoms. The number of hydrogen-bond acceptors (Lipinski definition) is 3. The second-order valence-electron chi connectivity index (χ2n) is 6.43. The summed E-state index contributed by atoms with van der Waals surface area (Å²) >= 11 is 0. The van der Waals surface area contributed by atoms with E-state index in [1.807, 2.05) is 29.2 Å². The summed E-state index contributed by atoms with van der Waals surface area (Å²) < 4.78 is 2.10. The number of benzene rings is 1. The fourth-order valence-electron chi connectivity index (χ4n) is 3.26. The first-order valence-corrected chi connectivity index (χ1v) is 8.13. The molecular formula is C17H21N3O2. The molecule has 0 radical (unpaired) electrons. The van der Waals surface area contributed by atoms with Gasteiger partial charge in [0.05, 0.1) is 17.1 Å². The van der Waals surface area contributed by atoms with E-state index in [-0.39, 0.29) is 12.0 Å². The molecular weight excluding hydrogens is 278 g/mol. The van der Waals surface area contributed by atoms with Gasteiger partial charge in [-0.3, -0.25) is 4.79 Å². The Balaban J connectivity index is 1.60. The first kappa shape index (κ1) is 13.8. The zero-order chi connectivity index (χ0) is 15.1. The standard InChI is InChI=1S/C17H21N3O2/c21-13-7-9-19(10-8-13)16(22)11-20-15-4-2-1-3-14(15)18-17(20)12-5-6-12/h1-4,12-13,21H,5-11H2. The third-order valence-electron chi connectivity index (χ3n) is 4.74. The Morgan fingerprint density at radius 3 is 2.64 bits per heavy atom. The van der Waals surface area contributed by atoms with Crippen LogP contribution in [0.15, 0.2) is 24.3 Å². The molecule has 22 heavy (non-hydrogen) atoms. The van der Waals surface area contributed by atoms with Crippen LogP contribution in [-0.2, 0) is 11.3 Å². The molecule has 4 rings (SSSR count). The van der Waals surface area contributed by atoms with Crippen LogP contribution in [0.5, 0.6) is 0 Å². The predicted molar refractivity (Wildman–Crippen MR) is 83.5 cm³/mol. The molecule has 1 aromatic heterocycles. The molecule has 0 unspecified atom stereocenters. The molecule has 1 N–H and O–H groups in total. The SMILES string of the molecule is O=C(Cn1c(C2CC2)nc2ccccc21)N1CCC(O)CC1. The first-order valence-electron chi connectivity index (χ1n) is 8.13. The Kier molecular flexibility index (Phi) is 3.37. The third kappa shape index (κ3) is 2.50. The van der Waals surface area contributed by atoms with E-state index in [4.69, 9.17) is 4.98 Å². The van der Waals surface area contributed by atoms with E-state index in [2.05, 4.69) is 4.57 Å². The van der Waals surface area contributed by atoms with Gasteiger partial charge in [0.1, 0.15) is 12.4 Å². The number of imidazole rings is 1. The maximum absolute atomic E-state index is 12.6. The van der Waals surface area contributed by atoms with Crippen LogP contribution in [0.25, 0.3) is 11.0 Å². The number of para-hydroxylation sites is 2. The van der Waals surface area contributed by atoms with Crippen LogP contribution in [0, 0.1) is 0 Å². The van der Waals surface area contributed by atoms with E-state index in [1.54, 1.807) is 0 Å². The lowest BCUT2D eigenvalue weighted by atomic mass is 10.1. The van der Waals surface area contributed by atoms with Crippen molar-refractivity contribution in [3.8, 4) is 0 Å². The Morgan fingerprint density at radius 2 is 1.91 bits per heavy atom. The number of likely N-dealkylation sites (tertiary alicyclic amines) is 1. The maximum Gasteiger partial charge on any atom is 0.242 e. The van der Waals surface area contributed by atoms with Crippen molar-refractivity contribution in [1.82, 2.24) is 14.5 Å². The van der Waals surface area contributed by atoms with Crippen LogP contribution >= 0.6 is 0 Å². The van der Waals surface area contributed by atoms with Gasteiger partial charge in [0.15, 0.2) is 0 Å². The van der Waals surface area contributed by atoms with Crippen molar-refractivity contribution >= 4 is 16.9 Å². The van der Waals surface area contributed by atoms with Gasteiger partial charge >= 0.3 is 0 Å². The van der Waals surface area contributed by atoms with Gasteiger partial charge in [-0.1, -0.05) is 12.1 Å². The van der Waals surface area contributed by atoms with Gasteiger partial charge in [-0.05, 0) is 37.8 Å². The number of carbonyl (C=O) groups is 1. The molecule has 2 heterocycles. The highest BCUT2D eigenvalue weighted by atomic mass is 16.3. The minimum atomic E-state index is -0.250. The number of rotatable bonds is 3. The number of aliphatic hydroxyl groups excluding tert-OH is 1. The Morgan fingerprint density at radius 1 is 1.18 bits per heavy atom. The van der Waals surface area contributed by atoms with Gasteiger partial charge in [-0.25, -0.2) is 4.98 Å². The molecule has 0 spiro atoms. The first-order chi connectivity index (χ1) is 10.7. The van der Waals surface area contributed by atoms with E-state index in [0.717, 1.165) is 16.9 Å². The summed E-state index contributed by atoms with van der Waals surface area (Å²) in [6.45, 7) is 1.68. The minimum absolute atomic E-state index is 0.136. The van der Waals surface area contributed by atoms with Crippen molar-refractivity contribution in [2.45, 2.75) is 44.2 Å². The lowest BCUT2D eigenvalue weighted by molar-refractivity contribution is -0.133. The van der Waals surface area contributed by atoms with Crippen molar-refractivity contribution in [3.63, 3.8) is 0 Å². The van der Waals surface area contributed by atoms with Crippen LogP contribution in [0.4, 0.5) is 0 Å². The molecule has 2 aromatic rings. The quantitative estimate of drug-likeness (QED) is 0.941. The van der Waals surface area contributed by atoms with E-state index in [1.165, 1.54) is 12.8 Å². The number of hydrogen-bond donors (Lipinski definition) is 1. The van der Waals surface area contributed by atoms with E-state index < -0.39 is 0 Å². The number of amides is 1. The number of fused-ring (bicyclic) bond motifs is 1. The highest BCUT2D eigenvalue weighted by molar-refractivity contribution is 5.81. The number of carbonyl (C=O) groups excluding carboxylic acids is 1. The van der Waals surface area contributed by atoms with Crippen LogP contribution in [-0.4, -0.2) is 44.7 Å². The molecule has 1 amide bonds. The van der Waals surface area contributed by atoms with Gasteiger partial charge < -0.3 is 14.6 Å². The number of nitrogens with zero attached hydrogens (tertiary/aromatic N) is 3. The molecule has 1 aliphatic carbocycles. The Labute approximate surface area is 129 Å². The highest BCUT2D eigenvalue weighted by Crippen LogP contribution is 2.40. The summed E-state index contributed by atoms with van der Waals surface area (Å²) in [6.07, 6.45) is 3.47. The van der Waals surface area contributed by atoms with Gasteiger partial charge in [0.2, 0.25) is 5.91 Å². The fraction of sp³-hybridized carbons (Fsp3) is 0.529. The average Bonchev–Trinajstić information content (AvgIpc) is 3.31. The molecule has 2 fully saturated rings. The van der Waals surface area contributed by atoms with Crippen LogP contribution in [0.3, 0.4) is 0 Å². The summed E-state index contributed by atoms with van der Waals surface area (Å²) in [4.78, 5) is 19.2. The van der Waals surface area contributed by atoms with Crippen molar-refractivity contribution in [1.29, 1.82) is 0 Å². The summed E-state index contributed by atoms with van der Waals surface area (Å²) in [7, 11) is 0. The largest absolute Gasteiger partial charge is 0.393 e. The van der Waals surface area contributed by atoms with Crippen molar-refractivity contribution in [3.05, 3.63) is 30.1 Å². The minimum Gasteiger partial charge on any atom is -0.393 e. The van der Waals surface area contributed by atoms with Gasteiger partial charge in [-0.15, -0.1) is 0 Å². The molecule has 1 aliphatic heterocycles. The second kappa shape index (κ2) is 5.39. The molecule has 5 nitrogen and oxygen atoms in total. The van der Waals surface area contributed by atoms with Crippen molar-refractivity contribution in [2.75, 3.05) is 13.1 Å². The third-order valence-corrected chi connectivity index (χ3v) is 4.74. The molecule has 1 aromatic carbocycles. The van der Waals surface area contributed by atoms with Gasteiger partial charge in [0, 0.05) is 19.0 Å². The number of aromatic nitrogens is 2. The Bertz CT molecular complexity index is 697. The van der Waals surface area contributed by atoms with E-state index in [9.17, 15) is 9.90 Å². The van der Waals surface area contributed by atoms with Crippen molar-refractivity contribution in [2.24, 2.45) is 0 Å². The summed E-state index contributed by atoms with van der Waals surface area (Å²) in [5, 5.41) is 9.58. The van der Waals surface area contributed by atoms with Crippen LogP contribution < -0.4 is 0 Å². The lowest BCUT2D eigenvalue weighted by Gasteiger charge is -2.30. The number of aliphatic hydroxyl groups is 1. The lowest BCUT2D eigenvalue weighted by Crippen LogP contribution is -2.41. The summed E-state index contributed by atoms with van der Waals surface area (Å²) in [5.41, 5.74) is 2.03. The monoisotopic (exact) mass is 299 g/mol. The van der Waals surface area contributed by atoms with Crippen molar-refractivity contribution < 1.29 is 9.90 Å². The highest BCUT2D eigenvalue weighted by Gasteiger charge is 2.31. The second-order valence-corrected chi connectivity index (χ2v) is 6.43. The molecule has 1 saturated carbocycles. The van der Waals surface area contributed by atoms with Crippen LogP contribution in [0.1, 0.15) is 37.4 Å². The summed E-state index contributed by atoms with van der Waals surface area (Å²) in [5.74, 6) is 1.71. The number of piperidine rings is 1. The average molecular weight is 299 g/mol. The molecule has 2 aliphatic rings. The zero-order valence-corrected chi connectivity index (χ0v) is 12.6. The molecule has 116 valence electrons. The van der Waals surface area contributed by atoms with Gasteiger partial charge in [-0.2, -0.15) is 0 Å². The normalized spacial score (nSPS) is 19.8. The molecule has 1 saturated heterocycles. The molecule has 0 bridgehead atoms. The van der Waals surface area contributed by atoms with E-state index in [0.29, 0.717) is 38.4 Å². The van der Waals surface area contributed by atoms with E-state index >= 15 is 0 Å². The fourth-order valence-corrected chi connectivity index (χ4v) is 3.26. The molecule has 0 atom stereocenters.